The molecule has 1 amide bonds. The van der Waals surface area contributed by atoms with Crippen LogP contribution in [-0.2, 0) is 0 Å². The normalized spacial score (nSPS) is 16.5. The number of nitrogens with zero attached hydrogens (tertiary/aromatic N) is 1. The molecule has 0 aromatic heterocycles. The maximum atomic E-state index is 13.2. The van der Waals surface area contributed by atoms with Gasteiger partial charge >= 0.3 is 0 Å². The molecule has 1 N–H and O–H groups in total. The Labute approximate surface area is 157 Å². The Kier molecular flexibility index (Phi) is 5.47. The molecule has 1 aliphatic heterocycles. The molecule has 1 unspecified atom stereocenters. The van der Waals surface area contributed by atoms with Crippen molar-refractivity contribution < 1.29 is 4.79 Å². The number of carbonyl (C=O) groups excluding carboxylic acids is 1. The fourth-order valence-electron chi connectivity index (χ4n) is 4.17. The monoisotopic (exact) mass is 350 g/mol. The standard InChI is InChI=1S/C23H30N2O/c1-17-11-10-12-18(2)20(17)22(26)24-21(19-13-6-5-7-14-19)23(3,4)25-15-8-9-16-25/h5-7,10-14,21H,8-9,15-16H2,1-4H3,(H,24,26). The van der Waals surface area contributed by atoms with Gasteiger partial charge in [-0.1, -0.05) is 48.5 Å². The van der Waals surface area contributed by atoms with Crippen LogP contribution in [0.1, 0.15) is 59.8 Å². The van der Waals surface area contributed by atoms with Crippen LogP contribution < -0.4 is 5.32 Å². The highest BCUT2D eigenvalue weighted by Crippen LogP contribution is 2.34. The molecular weight excluding hydrogens is 320 g/mol. The molecule has 3 rings (SSSR count). The molecule has 1 heterocycles. The minimum atomic E-state index is -0.149. The predicted octanol–water partition coefficient (Wildman–Crippen LogP) is 4.65. The number of amides is 1. The molecule has 2 aromatic rings. The van der Waals surface area contributed by atoms with E-state index < -0.39 is 0 Å². The van der Waals surface area contributed by atoms with Gasteiger partial charge in [0.25, 0.3) is 5.91 Å². The van der Waals surface area contributed by atoms with Crippen molar-refractivity contribution in [1.29, 1.82) is 0 Å². The lowest BCUT2D eigenvalue weighted by Crippen LogP contribution is -2.52. The lowest BCUT2D eigenvalue weighted by Gasteiger charge is -2.42. The Bertz CT molecular complexity index is 741. The molecule has 138 valence electrons. The van der Waals surface area contributed by atoms with Gasteiger partial charge < -0.3 is 5.32 Å². The van der Waals surface area contributed by atoms with E-state index in [1.165, 1.54) is 12.8 Å². The molecular formula is C23H30N2O. The van der Waals surface area contributed by atoms with Crippen LogP contribution in [0.2, 0.25) is 0 Å². The quantitative estimate of drug-likeness (QED) is 0.851. The lowest BCUT2D eigenvalue weighted by molar-refractivity contribution is 0.0777. The molecule has 0 aliphatic carbocycles. The van der Waals surface area contributed by atoms with Crippen LogP contribution in [-0.4, -0.2) is 29.4 Å². The van der Waals surface area contributed by atoms with Gasteiger partial charge in [-0.05, 0) is 70.3 Å². The largest absolute Gasteiger partial charge is 0.343 e. The minimum absolute atomic E-state index is 0.0155. The highest BCUT2D eigenvalue weighted by atomic mass is 16.1. The molecule has 0 radical (unpaired) electrons. The molecule has 0 spiro atoms. The average molecular weight is 351 g/mol. The summed E-state index contributed by atoms with van der Waals surface area (Å²) in [5.41, 5.74) is 3.85. The zero-order valence-electron chi connectivity index (χ0n) is 16.4. The second-order valence-corrected chi connectivity index (χ2v) is 7.93. The van der Waals surface area contributed by atoms with Gasteiger partial charge in [-0.25, -0.2) is 0 Å². The highest BCUT2D eigenvalue weighted by molar-refractivity contribution is 5.97. The maximum Gasteiger partial charge on any atom is 0.252 e. The molecule has 26 heavy (non-hydrogen) atoms. The van der Waals surface area contributed by atoms with Crippen molar-refractivity contribution in [3.63, 3.8) is 0 Å². The third-order valence-electron chi connectivity index (χ3n) is 5.74. The van der Waals surface area contributed by atoms with Gasteiger partial charge in [0.1, 0.15) is 0 Å². The first kappa shape index (κ1) is 18.7. The summed E-state index contributed by atoms with van der Waals surface area (Å²) in [6.45, 7) is 10.7. The summed E-state index contributed by atoms with van der Waals surface area (Å²) in [5.74, 6) is 0.0155. The van der Waals surface area contributed by atoms with E-state index in [0.29, 0.717) is 0 Å². The first-order valence-electron chi connectivity index (χ1n) is 9.58. The summed E-state index contributed by atoms with van der Waals surface area (Å²) in [5, 5.41) is 3.37. The van der Waals surface area contributed by atoms with Gasteiger partial charge in [0, 0.05) is 11.1 Å². The van der Waals surface area contributed by atoms with Crippen molar-refractivity contribution in [3.05, 3.63) is 70.8 Å². The van der Waals surface area contributed by atoms with Crippen LogP contribution >= 0.6 is 0 Å². The number of hydrogen-bond acceptors (Lipinski definition) is 2. The lowest BCUT2D eigenvalue weighted by atomic mass is 9.86. The summed E-state index contributed by atoms with van der Waals surface area (Å²) in [4.78, 5) is 15.7. The van der Waals surface area contributed by atoms with Gasteiger partial charge in [0.2, 0.25) is 0 Å². The van der Waals surface area contributed by atoms with Gasteiger partial charge in [0.05, 0.1) is 6.04 Å². The fraction of sp³-hybridized carbons (Fsp3) is 0.435. The van der Waals surface area contributed by atoms with Crippen molar-refractivity contribution in [2.24, 2.45) is 0 Å². The van der Waals surface area contributed by atoms with E-state index in [1.807, 2.05) is 50.2 Å². The van der Waals surface area contributed by atoms with Crippen molar-refractivity contribution >= 4 is 5.91 Å². The van der Waals surface area contributed by atoms with Crippen LogP contribution in [0.3, 0.4) is 0 Å². The Morgan fingerprint density at radius 1 is 0.962 bits per heavy atom. The first-order valence-corrected chi connectivity index (χ1v) is 9.58. The van der Waals surface area contributed by atoms with Crippen LogP contribution in [0.15, 0.2) is 48.5 Å². The summed E-state index contributed by atoms with van der Waals surface area (Å²) in [7, 11) is 0. The van der Waals surface area contributed by atoms with Crippen molar-refractivity contribution in [2.45, 2.75) is 52.1 Å². The van der Waals surface area contributed by atoms with Gasteiger partial charge in [-0.15, -0.1) is 0 Å². The van der Waals surface area contributed by atoms with Crippen LogP contribution in [0.25, 0.3) is 0 Å². The van der Waals surface area contributed by atoms with Gasteiger partial charge in [-0.3, -0.25) is 9.69 Å². The molecule has 0 saturated carbocycles. The van der Waals surface area contributed by atoms with E-state index in [2.05, 4.69) is 36.2 Å². The molecule has 0 bridgehead atoms. The second-order valence-electron chi connectivity index (χ2n) is 7.93. The van der Waals surface area contributed by atoms with Crippen LogP contribution in [0.5, 0.6) is 0 Å². The third-order valence-corrected chi connectivity index (χ3v) is 5.74. The minimum Gasteiger partial charge on any atom is -0.343 e. The summed E-state index contributed by atoms with van der Waals surface area (Å²) in [6, 6.07) is 16.3. The van der Waals surface area contributed by atoms with Crippen molar-refractivity contribution in [2.75, 3.05) is 13.1 Å². The molecule has 1 saturated heterocycles. The van der Waals surface area contributed by atoms with E-state index in [4.69, 9.17) is 0 Å². The smallest absolute Gasteiger partial charge is 0.252 e. The summed E-state index contributed by atoms with van der Waals surface area (Å²) < 4.78 is 0. The van der Waals surface area contributed by atoms with Crippen molar-refractivity contribution in [1.82, 2.24) is 10.2 Å². The Morgan fingerprint density at radius 3 is 2.12 bits per heavy atom. The van der Waals surface area contributed by atoms with Crippen LogP contribution in [0.4, 0.5) is 0 Å². The Hall–Kier alpha value is -2.13. The van der Waals surface area contributed by atoms with E-state index in [-0.39, 0.29) is 17.5 Å². The number of hydrogen-bond donors (Lipinski definition) is 1. The van der Waals surface area contributed by atoms with Crippen LogP contribution in [0, 0.1) is 13.8 Å². The first-order chi connectivity index (χ1) is 12.4. The number of benzene rings is 2. The molecule has 3 heteroatoms. The second kappa shape index (κ2) is 7.63. The van der Waals surface area contributed by atoms with E-state index in [9.17, 15) is 4.79 Å². The number of rotatable bonds is 5. The topological polar surface area (TPSA) is 32.3 Å². The van der Waals surface area contributed by atoms with Gasteiger partial charge in [0.15, 0.2) is 0 Å². The molecule has 1 aliphatic rings. The predicted molar refractivity (Wildman–Crippen MR) is 107 cm³/mol. The SMILES string of the molecule is Cc1cccc(C)c1C(=O)NC(c1ccccc1)C(C)(C)N1CCCC1. The summed E-state index contributed by atoms with van der Waals surface area (Å²) >= 11 is 0. The van der Waals surface area contributed by atoms with E-state index in [1.54, 1.807) is 0 Å². The maximum absolute atomic E-state index is 13.2. The average Bonchev–Trinajstić information content (AvgIpc) is 3.15. The number of aryl methyl sites for hydroxylation is 2. The number of carbonyl (C=O) groups is 1. The zero-order chi connectivity index (χ0) is 18.7. The molecule has 2 aromatic carbocycles. The van der Waals surface area contributed by atoms with E-state index >= 15 is 0 Å². The number of nitrogens with one attached hydrogen (secondary N) is 1. The zero-order valence-corrected chi connectivity index (χ0v) is 16.4. The van der Waals surface area contributed by atoms with Gasteiger partial charge in [-0.2, -0.15) is 0 Å². The third kappa shape index (κ3) is 3.68. The van der Waals surface area contributed by atoms with E-state index in [0.717, 1.165) is 35.3 Å². The highest BCUT2D eigenvalue weighted by Gasteiger charge is 2.38. The molecule has 1 atom stereocenters. The number of likely N-dealkylation sites (tertiary alicyclic amines) is 1. The van der Waals surface area contributed by atoms with Crippen molar-refractivity contribution in [3.8, 4) is 0 Å². The Morgan fingerprint density at radius 2 is 1.54 bits per heavy atom. The summed E-state index contributed by atoms with van der Waals surface area (Å²) in [6.07, 6.45) is 2.46. The molecule has 3 nitrogen and oxygen atoms in total. The fourth-order valence-corrected chi connectivity index (χ4v) is 4.17. The Balaban J connectivity index is 1.95. The molecule has 1 fully saturated rings.